The smallest absolute Gasteiger partial charge is 0.410 e. The van der Waals surface area contributed by atoms with Crippen molar-refractivity contribution in [3.05, 3.63) is 45.0 Å². The van der Waals surface area contributed by atoms with Gasteiger partial charge in [-0.05, 0) is 52.3 Å². The number of carbonyl (C=O) groups excluding carboxylic acids is 2. The van der Waals surface area contributed by atoms with Gasteiger partial charge >= 0.3 is 12.1 Å². The zero-order chi connectivity index (χ0) is 29.2. The zero-order valence-electron chi connectivity index (χ0n) is 23.5. The van der Waals surface area contributed by atoms with E-state index in [9.17, 15) is 9.59 Å². The van der Waals surface area contributed by atoms with Crippen LogP contribution in [0.5, 0.6) is 0 Å². The molecule has 1 aromatic carbocycles. The second-order valence-electron chi connectivity index (χ2n) is 11.1. The Balaban J connectivity index is 1.34. The number of hydrogen-bond donors (Lipinski definition) is 1. The molecule has 13 heteroatoms. The molecule has 10 nitrogen and oxygen atoms in total. The van der Waals surface area contributed by atoms with Gasteiger partial charge in [0.2, 0.25) is 5.95 Å². The predicted octanol–water partition coefficient (Wildman–Crippen LogP) is 5.79. The fourth-order valence-corrected chi connectivity index (χ4v) is 5.48. The number of anilines is 2. The Hall–Kier alpha value is -2.69. The lowest BCUT2D eigenvalue weighted by Gasteiger charge is -2.43. The van der Waals surface area contributed by atoms with Crippen molar-refractivity contribution in [3.63, 3.8) is 0 Å². The number of rotatable bonds is 4. The van der Waals surface area contributed by atoms with Gasteiger partial charge in [-0.1, -0.05) is 40.9 Å². The number of benzene rings is 1. The van der Waals surface area contributed by atoms with Gasteiger partial charge in [-0.25, -0.2) is 14.6 Å². The monoisotopic (exact) mass is 611 g/mol. The zero-order valence-corrected chi connectivity index (χ0v) is 25.7. The number of aromatic nitrogens is 2. The molecule has 0 unspecified atom stereocenters. The van der Waals surface area contributed by atoms with Crippen LogP contribution < -0.4 is 10.2 Å². The Morgan fingerprint density at radius 2 is 1.70 bits per heavy atom. The van der Waals surface area contributed by atoms with E-state index in [0.29, 0.717) is 72.6 Å². The molecule has 3 amide bonds. The summed E-state index contributed by atoms with van der Waals surface area (Å²) >= 11 is 18.8. The highest BCUT2D eigenvalue weighted by molar-refractivity contribution is 6.35. The maximum Gasteiger partial charge on any atom is 0.410 e. The van der Waals surface area contributed by atoms with Crippen LogP contribution in [0, 0.1) is 0 Å². The van der Waals surface area contributed by atoms with Gasteiger partial charge in [-0.3, -0.25) is 0 Å². The molecular formula is C27H36Cl3N7O3. The summed E-state index contributed by atoms with van der Waals surface area (Å²) in [4.78, 5) is 42.2. The number of carbonyl (C=O) groups is 2. The number of nitrogens with zero attached hydrogens (tertiary/aromatic N) is 6. The van der Waals surface area contributed by atoms with E-state index in [1.165, 1.54) is 0 Å². The molecular weight excluding hydrogens is 577 g/mol. The van der Waals surface area contributed by atoms with E-state index in [1.807, 2.05) is 45.6 Å². The topological polar surface area (TPSA) is 94.1 Å². The number of halogens is 3. The quantitative estimate of drug-likeness (QED) is 0.467. The molecule has 1 aromatic heterocycles. The number of nitrogens with one attached hydrogen (secondary N) is 1. The van der Waals surface area contributed by atoms with Crippen molar-refractivity contribution in [3.8, 4) is 0 Å². The minimum absolute atomic E-state index is 0.0240. The van der Waals surface area contributed by atoms with Gasteiger partial charge in [0.25, 0.3) is 0 Å². The summed E-state index contributed by atoms with van der Waals surface area (Å²) in [6.07, 6.45) is 1.23. The molecule has 2 saturated heterocycles. The molecule has 0 saturated carbocycles. The number of urea groups is 1. The molecule has 0 spiro atoms. The van der Waals surface area contributed by atoms with Crippen LogP contribution in [0.15, 0.2) is 24.4 Å². The normalized spacial score (nSPS) is 18.9. The second-order valence-corrected chi connectivity index (χ2v) is 12.4. The highest BCUT2D eigenvalue weighted by Gasteiger charge is 2.34. The first-order chi connectivity index (χ1) is 18.8. The summed E-state index contributed by atoms with van der Waals surface area (Å²) in [5.74, 6) is 1.03. The Morgan fingerprint density at radius 1 is 1.02 bits per heavy atom. The molecule has 1 N–H and O–H groups in total. The Morgan fingerprint density at radius 3 is 2.33 bits per heavy atom. The third-order valence-electron chi connectivity index (χ3n) is 6.87. The van der Waals surface area contributed by atoms with Gasteiger partial charge in [-0.15, -0.1) is 0 Å². The molecule has 3 heterocycles. The molecule has 0 bridgehead atoms. The van der Waals surface area contributed by atoms with E-state index in [-0.39, 0.29) is 24.2 Å². The van der Waals surface area contributed by atoms with Crippen LogP contribution in [0.2, 0.25) is 15.1 Å². The number of piperazine rings is 2. The lowest BCUT2D eigenvalue weighted by atomic mass is 10.1. The fourth-order valence-electron chi connectivity index (χ4n) is 4.76. The molecule has 0 radical (unpaired) electrons. The standard InChI is InChI=1S/C27H36Cl3N7O3/c1-17-16-36(12-13-37(17)25(38)34-8-10-35(11-9-34)26(39)40-27(3,4)5)24-31-15-22(30)23(33-24)32-18(2)20-7-6-19(28)14-21(20)29/h6-7,14-15,17-18H,8-13,16H2,1-5H3,(H,31,32,33)/t17-,18-/m1/s1. The van der Waals surface area contributed by atoms with E-state index < -0.39 is 5.60 Å². The van der Waals surface area contributed by atoms with Crippen molar-refractivity contribution in [2.75, 3.05) is 56.0 Å². The van der Waals surface area contributed by atoms with Crippen molar-refractivity contribution in [1.82, 2.24) is 24.7 Å². The molecule has 40 heavy (non-hydrogen) atoms. The van der Waals surface area contributed by atoms with Crippen molar-refractivity contribution in [2.45, 2.75) is 52.3 Å². The Labute approximate surface area is 250 Å². The van der Waals surface area contributed by atoms with Crippen LogP contribution in [0.3, 0.4) is 0 Å². The summed E-state index contributed by atoms with van der Waals surface area (Å²) in [6.45, 7) is 13.0. The molecule has 0 aliphatic carbocycles. The van der Waals surface area contributed by atoms with E-state index in [1.54, 1.807) is 28.1 Å². The minimum Gasteiger partial charge on any atom is -0.444 e. The molecule has 218 valence electrons. The number of amides is 3. The third-order valence-corrected chi connectivity index (χ3v) is 7.71. The van der Waals surface area contributed by atoms with Crippen LogP contribution >= 0.6 is 34.8 Å². The lowest BCUT2D eigenvalue weighted by Crippen LogP contribution is -2.60. The van der Waals surface area contributed by atoms with Crippen molar-refractivity contribution < 1.29 is 14.3 Å². The van der Waals surface area contributed by atoms with Crippen LogP contribution in [0.1, 0.15) is 46.2 Å². The lowest BCUT2D eigenvalue weighted by molar-refractivity contribution is 0.0151. The largest absolute Gasteiger partial charge is 0.444 e. The first-order valence-electron chi connectivity index (χ1n) is 13.3. The van der Waals surface area contributed by atoms with Gasteiger partial charge in [-0.2, -0.15) is 4.98 Å². The van der Waals surface area contributed by atoms with Crippen LogP contribution in [0.4, 0.5) is 21.4 Å². The molecule has 2 atom stereocenters. The molecule has 2 aromatic rings. The van der Waals surface area contributed by atoms with Gasteiger partial charge in [0.05, 0.1) is 12.2 Å². The average Bonchev–Trinajstić information content (AvgIpc) is 2.88. The van der Waals surface area contributed by atoms with Crippen molar-refractivity contribution in [2.24, 2.45) is 0 Å². The Bertz CT molecular complexity index is 1230. The van der Waals surface area contributed by atoms with Crippen LogP contribution in [0.25, 0.3) is 0 Å². The van der Waals surface area contributed by atoms with Crippen molar-refractivity contribution >= 4 is 58.7 Å². The van der Waals surface area contributed by atoms with Gasteiger partial charge in [0, 0.05) is 61.9 Å². The maximum atomic E-state index is 13.3. The third kappa shape index (κ3) is 7.33. The highest BCUT2D eigenvalue weighted by atomic mass is 35.5. The van der Waals surface area contributed by atoms with E-state index in [0.717, 1.165) is 5.56 Å². The van der Waals surface area contributed by atoms with Crippen molar-refractivity contribution in [1.29, 1.82) is 0 Å². The van der Waals surface area contributed by atoms with E-state index in [2.05, 4.69) is 15.2 Å². The van der Waals surface area contributed by atoms with E-state index >= 15 is 0 Å². The first-order valence-corrected chi connectivity index (χ1v) is 14.5. The summed E-state index contributed by atoms with van der Waals surface area (Å²) in [5.41, 5.74) is 0.321. The summed E-state index contributed by atoms with van der Waals surface area (Å²) in [5, 5.41) is 4.84. The molecule has 2 aliphatic heterocycles. The van der Waals surface area contributed by atoms with Gasteiger partial charge < -0.3 is 29.7 Å². The minimum atomic E-state index is -0.549. The Kier molecular flexibility index (Phi) is 9.42. The second kappa shape index (κ2) is 12.4. The summed E-state index contributed by atoms with van der Waals surface area (Å²) < 4.78 is 5.46. The maximum absolute atomic E-state index is 13.3. The average molecular weight is 613 g/mol. The SMILES string of the molecule is C[C@@H]1CN(c2ncc(Cl)c(N[C@H](C)c3ccc(Cl)cc3Cl)n2)CCN1C(=O)N1CCN(C(=O)OC(C)(C)C)CC1. The molecule has 2 aliphatic rings. The summed E-state index contributed by atoms with van der Waals surface area (Å²) in [7, 11) is 0. The number of hydrogen-bond acceptors (Lipinski definition) is 7. The highest BCUT2D eigenvalue weighted by Crippen LogP contribution is 2.31. The first kappa shape index (κ1) is 30.3. The fraction of sp³-hybridized carbons (Fsp3) is 0.556. The molecule has 4 rings (SSSR count). The summed E-state index contributed by atoms with van der Waals surface area (Å²) in [6, 6.07) is 5.10. The van der Waals surface area contributed by atoms with Crippen LogP contribution in [-0.4, -0.2) is 94.2 Å². The molecule has 2 fully saturated rings. The van der Waals surface area contributed by atoms with Gasteiger partial charge in [0.15, 0.2) is 5.82 Å². The van der Waals surface area contributed by atoms with Gasteiger partial charge in [0.1, 0.15) is 10.6 Å². The van der Waals surface area contributed by atoms with Crippen LogP contribution in [-0.2, 0) is 4.74 Å². The number of ether oxygens (including phenoxy) is 1. The van der Waals surface area contributed by atoms with E-state index in [4.69, 9.17) is 44.5 Å². The predicted molar refractivity (Wildman–Crippen MR) is 159 cm³/mol.